The first-order chi connectivity index (χ1) is 12.5. The van der Waals surface area contributed by atoms with E-state index in [-0.39, 0.29) is 11.3 Å². The molecule has 0 atom stereocenters. The lowest BCUT2D eigenvalue weighted by Gasteiger charge is -2.48. The summed E-state index contributed by atoms with van der Waals surface area (Å²) in [6.07, 6.45) is 1.54. The van der Waals surface area contributed by atoms with Crippen molar-refractivity contribution in [3.05, 3.63) is 64.7 Å². The highest BCUT2D eigenvalue weighted by molar-refractivity contribution is 6.30. The van der Waals surface area contributed by atoms with Crippen LogP contribution in [0.2, 0.25) is 5.02 Å². The van der Waals surface area contributed by atoms with Crippen LogP contribution in [0.3, 0.4) is 0 Å². The van der Waals surface area contributed by atoms with Crippen molar-refractivity contribution in [3.8, 4) is 5.75 Å². The molecule has 0 unspecified atom stereocenters. The van der Waals surface area contributed by atoms with Crippen molar-refractivity contribution < 1.29 is 9.90 Å². The summed E-state index contributed by atoms with van der Waals surface area (Å²) in [4.78, 5) is 17.0. The van der Waals surface area contributed by atoms with Gasteiger partial charge in [-0.15, -0.1) is 0 Å². The smallest absolute Gasteiger partial charge is 0.227 e. The van der Waals surface area contributed by atoms with E-state index in [9.17, 15) is 9.90 Å². The summed E-state index contributed by atoms with van der Waals surface area (Å²) in [6.45, 7) is 4.71. The van der Waals surface area contributed by atoms with Crippen LogP contribution in [0.15, 0.2) is 48.5 Å². The van der Waals surface area contributed by atoms with Gasteiger partial charge in [0.25, 0.3) is 0 Å². The van der Waals surface area contributed by atoms with E-state index in [0.29, 0.717) is 17.2 Å². The normalized spacial score (nSPS) is 18.9. The number of likely N-dealkylation sites (tertiary alicyclic amines) is 2. The Bertz CT molecular complexity index is 783. The summed E-state index contributed by atoms with van der Waals surface area (Å²) < 4.78 is 0. The molecule has 2 aliphatic heterocycles. The van der Waals surface area contributed by atoms with Gasteiger partial charge in [0.2, 0.25) is 5.91 Å². The number of aromatic hydroxyl groups is 1. The van der Waals surface area contributed by atoms with Crippen LogP contribution < -0.4 is 0 Å². The zero-order valence-electron chi connectivity index (χ0n) is 14.7. The van der Waals surface area contributed by atoms with Crippen molar-refractivity contribution in [2.45, 2.75) is 19.4 Å². The van der Waals surface area contributed by atoms with Crippen molar-refractivity contribution in [1.82, 2.24) is 9.80 Å². The summed E-state index contributed by atoms with van der Waals surface area (Å²) in [5, 5.41) is 10.1. The van der Waals surface area contributed by atoms with Crippen molar-refractivity contribution in [2.75, 3.05) is 26.2 Å². The molecule has 2 aromatic carbocycles. The summed E-state index contributed by atoms with van der Waals surface area (Å²) >= 11 is 5.91. The first kappa shape index (κ1) is 17.4. The predicted octanol–water partition coefficient (Wildman–Crippen LogP) is 3.32. The number of benzene rings is 2. The third-order valence-electron chi connectivity index (χ3n) is 5.52. The van der Waals surface area contributed by atoms with Crippen molar-refractivity contribution in [3.63, 3.8) is 0 Å². The molecule has 0 saturated carbocycles. The molecule has 4 rings (SSSR count). The maximum absolute atomic E-state index is 12.6. The summed E-state index contributed by atoms with van der Waals surface area (Å²) in [7, 11) is 0. The number of phenols is 1. The Hall–Kier alpha value is -2.04. The predicted molar refractivity (Wildman–Crippen MR) is 102 cm³/mol. The Balaban J connectivity index is 1.28. The van der Waals surface area contributed by atoms with Crippen LogP contribution >= 0.6 is 11.6 Å². The van der Waals surface area contributed by atoms with Gasteiger partial charge in [0.15, 0.2) is 0 Å². The largest absolute Gasteiger partial charge is 0.508 e. The second-order valence-electron chi connectivity index (χ2n) is 7.68. The van der Waals surface area contributed by atoms with Crippen molar-refractivity contribution in [1.29, 1.82) is 0 Å². The lowest BCUT2D eigenvalue weighted by Crippen LogP contribution is -2.57. The van der Waals surface area contributed by atoms with Crippen LogP contribution in [-0.4, -0.2) is 47.0 Å². The van der Waals surface area contributed by atoms with Gasteiger partial charge in [0.1, 0.15) is 5.75 Å². The molecule has 2 fully saturated rings. The van der Waals surface area contributed by atoms with E-state index in [1.165, 1.54) is 5.56 Å². The number of carbonyl (C=O) groups is 1. The van der Waals surface area contributed by atoms with Crippen molar-refractivity contribution in [2.24, 2.45) is 5.41 Å². The standard InChI is InChI=1S/C21H23ClN2O2/c22-18-5-1-16(2-6-18)11-20(26)24-10-9-21(15-24)13-23(14-21)12-17-3-7-19(25)8-4-17/h1-8,25H,9-15H2. The number of hydrogen-bond acceptors (Lipinski definition) is 3. The number of halogens is 1. The zero-order valence-corrected chi connectivity index (χ0v) is 15.5. The molecular weight excluding hydrogens is 348 g/mol. The van der Waals surface area contributed by atoms with Crippen molar-refractivity contribution >= 4 is 17.5 Å². The maximum atomic E-state index is 12.6. The Morgan fingerprint density at radius 2 is 1.65 bits per heavy atom. The molecule has 4 nitrogen and oxygen atoms in total. The molecule has 0 bridgehead atoms. The van der Waals surface area contributed by atoms with Gasteiger partial charge < -0.3 is 10.0 Å². The number of phenolic OH excluding ortho intramolecular Hbond substituents is 1. The highest BCUT2D eigenvalue weighted by Crippen LogP contribution is 2.40. The summed E-state index contributed by atoms with van der Waals surface area (Å²) in [6, 6.07) is 14.9. The summed E-state index contributed by atoms with van der Waals surface area (Å²) in [5.41, 5.74) is 2.50. The third-order valence-corrected chi connectivity index (χ3v) is 5.77. The molecule has 2 heterocycles. The van der Waals surface area contributed by atoms with Crippen LogP contribution in [0.5, 0.6) is 5.75 Å². The quantitative estimate of drug-likeness (QED) is 0.897. The molecule has 1 spiro atoms. The van der Waals surface area contributed by atoms with Gasteiger partial charge in [-0.3, -0.25) is 9.69 Å². The molecular formula is C21H23ClN2O2. The second kappa shape index (κ2) is 6.93. The Morgan fingerprint density at radius 3 is 2.35 bits per heavy atom. The fraction of sp³-hybridized carbons (Fsp3) is 0.381. The van der Waals surface area contributed by atoms with Gasteiger partial charge in [-0.05, 0) is 41.8 Å². The number of amides is 1. The monoisotopic (exact) mass is 370 g/mol. The topological polar surface area (TPSA) is 43.8 Å². The SMILES string of the molecule is O=C(Cc1ccc(Cl)cc1)N1CCC2(CN(Cc3ccc(O)cc3)C2)C1. The fourth-order valence-corrected chi connectivity index (χ4v) is 4.29. The molecule has 26 heavy (non-hydrogen) atoms. The number of hydrogen-bond donors (Lipinski definition) is 1. The first-order valence-corrected chi connectivity index (χ1v) is 9.42. The molecule has 0 aliphatic carbocycles. The molecule has 1 amide bonds. The molecule has 136 valence electrons. The maximum Gasteiger partial charge on any atom is 0.227 e. The van der Waals surface area contributed by atoms with E-state index in [4.69, 9.17) is 11.6 Å². The van der Waals surface area contributed by atoms with Gasteiger partial charge in [-0.2, -0.15) is 0 Å². The van der Waals surface area contributed by atoms with E-state index in [1.807, 2.05) is 41.3 Å². The second-order valence-corrected chi connectivity index (χ2v) is 8.12. The highest BCUT2D eigenvalue weighted by atomic mass is 35.5. The van der Waals surface area contributed by atoms with E-state index >= 15 is 0 Å². The molecule has 1 N–H and O–H groups in total. The zero-order chi connectivity index (χ0) is 18.1. The highest BCUT2D eigenvalue weighted by Gasteiger charge is 2.48. The number of rotatable bonds is 4. The Morgan fingerprint density at radius 1 is 1.00 bits per heavy atom. The van der Waals surface area contributed by atoms with Gasteiger partial charge in [0.05, 0.1) is 6.42 Å². The van der Waals surface area contributed by atoms with Gasteiger partial charge in [0, 0.05) is 43.2 Å². The molecule has 2 saturated heterocycles. The van der Waals surface area contributed by atoms with Crippen LogP contribution in [0, 0.1) is 5.41 Å². The van der Waals surface area contributed by atoms with Crippen LogP contribution in [0.25, 0.3) is 0 Å². The molecule has 2 aliphatic rings. The van der Waals surface area contributed by atoms with Gasteiger partial charge in [-0.1, -0.05) is 35.9 Å². The van der Waals surface area contributed by atoms with E-state index in [0.717, 1.165) is 44.7 Å². The lowest BCUT2D eigenvalue weighted by molar-refractivity contribution is -0.130. The van der Waals surface area contributed by atoms with Crippen LogP contribution in [-0.2, 0) is 17.8 Å². The average molecular weight is 371 g/mol. The average Bonchev–Trinajstić information content (AvgIpc) is 3.04. The molecule has 5 heteroatoms. The van der Waals surface area contributed by atoms with Crippen LogP contribution in [0.4, 0.5) is 0 Å². The van der Waals surface area contributed by atoms with E-state index in [1.54, 1.807) is 12.1 Å². The Kier molecular flexibility index (Phi) is 4.63. The number of nitrogens with zero attached hydrogens (tertiary/aromatic N) is 2. The third kappa shape index (κ3) is 3.71. The van der Waals surface area contributed by atoms with E-state index in [2.05, 4.69) is 4.90 Å². The minimum absolute atomic E-state index is 0.209. The minimum Gasteiger partial charge on any atom is -0.508 e. The Labute approximate surface area is 159 Å². The van der Waals surface area contributed by atoms with E-state index < -0.39 is 0 Å². The van der Waals surface area contributed by atoms with Gasteiger partial charge >= 0.3 is 0 Å². The molecule has 0 radical (unpaired) electrons. The lowest BCUT2D eigenvalue weighted by atomic mass is 9.79. The first-order valence-electron chi connectivity index (χ1n) is 9.04. The van der Waals surface area contributed by atoms with Crippen LogP contribution in [0.1, 0.15) is 17.5 Å². The minimum atomic E-state index is 0.209. The summed E-state index contributed by atoms with van der Waals surface area (Å²) in [5.74, 6) is 0.514. The van der Waals surface area contributed by atoms with Gasteiger partial charge in [-0.25, -0.2) is 0 Å². The fourth-order valence-electron chi connectivity index (χ4n) is 4.17. The number of carbonyl (C=O) groups excluding carboxylic acids is 1. The molecule has 2 aromatic rings. The molecule has 0 aromatic heterocycles.